The lowest BCUT2D eigenvalue weighted by molar-refractivity contribution is -0.123. The van der Waals surface area contributed by atoms with E-state index in [1.165, 1.54) is 22.5 Å². The van der Waals surface area contributed by atoms with Crippen LogP contribution in [0.2, 0.25) is 0 Å². The van der Waals surface area contributed by atoms with Crippen LogP contribution >= 0.6 is 11.8 Å². The number of halogens is 3. The maximum absolute atomic E-state index is 13.2. The van der Waals surface area contributed by atoms with Crippen LogP contribution < -0.4 is 5.32 Å². The minimum absolute atomic E-state index is 0.103. The molecule has 0 radical (unpaired) electrons. The molecule has 0 saturated carbocycles. The lowest BCUT2D eigenvalue weighted by Gasteiger charge is -2.19. The zero-order valence-electron chi connectivity index (χ0n) is 25.8. The van der Waals surface area contributed by atoms with Gasteiger partial charge < -0.3 is 10.1 Å². The van der Waals surface area contributed by atoms with Crippen molar-refractivity contribution in [2.24, 2.45) is 0 Å². The largest absolute Gasteiger partial charge is 0.442 e. The predicted octanol–water partition coefficient (Wildman–Crippen LogP) is 7.67. The minimum atomic E-state index is -4.53. The predicted molar refractivity (Wildman–Crippen MR) is 170 cm³/mol. The Hall–Kier alpha value is -4.16. The third kappa shape index (κ3) is 9.41. The molecular weight excluding hydrogens is 603 g/mol. The molecule has 0 unspecified atom stereocenters. The van der Waals surface area contributed by atoms with Crippen LogP contribution in [-0.2, 0) is 11.3 Å². The van der Waals surface area contributed by atoms with E-state index in [0.29, 0.717) is 26.4 Å². The van der Waals surface area contributed by atoms with E-state index in [0.717, 1.165) is 30.9 Å². The molecule has 0 aliphatic rings. The van der Waals surface area contributed by atoms with Gasteiger partial charge in [0.05, 0.1) is 22.5 Å². The smallest absolute Gasteiger partial charge is 0.435 e. The second-order valence-corrected chi connectivity index (χ2v) is 12.4. The van der Waals surface area contributed by atoms with Gasteiger partial charge in [0, 0.05) is 27.9 Å². The minimum Gasteiger partial charge on any atom is -0.442 e. The van der Waals surface area contributed by atoms with Crippen LogP contribution in [0.3, 0.4) is 0 Å². The zero-order valence-corrected chi connectivity index (χ0v) is 26.6. The molecule has 0 aliphatic carbocycles. The fraction of sp³-hybridized carbons (Fsp3) is 0.333. The second kappa shape index (κ2) is 14.3. The Morgan fingerprint density at radius 1 is 1.02 bits per heavy atom. The summed E-state index contributed by atoms with van der Waals surface area (Å²) >= 11 is 1.19. The maximum atomic E-state index is 13.2. The summed E-state index contributed by atoms with van der Waals surface area (Å²) in [5.41, 5.74) is 2.17. The summed E-state index contributed by atoms with van der Waals surface area (Å²) in [6.07, 6.45) is 0.254. The van der Waals surface area contributed by atoms with E-state index in [1.807, 2.05) is 29.7 Å². The number of nitrogens with one attached hydrogen (secondary N) is 1. The Bertz CT molecular complexity index is 1670. The van der Waals surface area contributed by atoms with Crippen LogP contribution in [-0.4, -0.2) is 63.1 Å². The quantitative estimate of drug-likeness (QED) is 0.191. The van der Waals surface area contributed by atoms with Gasteiger partial charge in [-0.2, -0.15) is 23.0 Å². The molecule has 8 nitrogen and oxygen atoms in total. The summed E-state index contributed by atoms with van der Waals surface area (Å²) < 4.78 is 44.9. The Morgan fingerprint density at radius 3 is 2.40 bits per heavy atom. The molecule has 4 aromatic rings. The fourth-order valence-corrected chi connectivity index (χ4v) is 5.37. The van der Waals surface area contributed by atoms with Crippen LogP contribution in [0.15, 0.2) is 70.6 Å². The Kier molecular flexibility index (Phi) is 10.7. The molecule has 2 aromatic carbocycles. The number of carbonyl (C=O) groups is 2. The molecule has 0 saturated heterocycles. The Labute approximate surface area is 264 Å². The molecule has 45 heavy (non-hydrogen) atoms. The van der Waals surface area contributed by atoms with Gasteiger partial charge in [-0.15, -0.1) is 0 Å². The molecule has 0 aliphatic heterocycles. The monoisotopic (exact) mass is 639 g/mol. The number of amides is 1. The van der Waals surface area contributed by atoms with E-state index in [-0.39, 0.29) is 5.56 Å². The van der Waals surface area contributed by atoms with Gasteiger partial charge in [-0.05, 0) is 88.0 Å². The van der Waals surface area contributed by atoms with E-state index in [2.05, 4.69) is 28.8 Å². The average molecular weight is 640 g/mol. The van der Waals surface area contributed by atoms with E-state index in [4.69, 9.17) is 4.74 Å². The molecular formula is C33H36F3N5O3S. The molecule has 0 spiro atoms. The summed E-state index contributed by atoms with van der Waals surface area (Å²) in [4.78, 5) is 33.7. The maximum Gasteiger partial charge on any atom is 0.435 e. The highest BCUT2D eigenvalue weighted by Gasteiger charge is 2.28. The number of aromatic nitrogens is 3. The number of hydrogen-bond acceptors (Lipinski definition) is 7. The number of ether oxygens (including phenoxy) is 1. The number of fused-ring (bicyclic) bond motifs is 1. The molecule has 2 heterocycles. The Morgan fingerprint density at radius 2 is 1.76 bits per heavy atom. The first-order valence-corrected chi connectivity index (χ1v) is 15.3. The lowest BCUT2D eigenvalue weighted by Crippen LogP contribution is -2.33. The summed E-state index contributed by atoms with van der Waals surface area (Å²) in [5, 5.41) is 7.15. The molecule has 4 rings (SSSR count). The van der Waals surface area contributed by atoms with Crippen LogP contribution in [0.5, 0.6) is 0 Å². The molecule has 12 heteroatoms. The number of carbonyl (C=O) groups excluding carboxylic acids is 2. The summed E-state index contributed by atoms with van der Waals surface area (Å²) in [6.45, 7) is 10.8. The van der Waals surface area contributed by atoms with Crippen LogP contribution in [0.25, 0.3) is 23.1 Å². The first kappa shape index (κ1) is 33.7. The van der Waals surface area contributed by atoms with Crippen molar-refractivity contribution in [2.75, 3.05) is 19.6 Å². The highest BCUT2D eigenvalue weighted by molar-refractivity contribution is 7.99. The number of pyridine rings is 1. The number of benzene rings is 2. The van der Waals surface area contributed by atoms with Crippen molar-refractivity contribution in [3.8, 4) is 0 Å². The van der Waals surface area contributed by atoms with Gasteiger partial charge in [0.1, 0.15) is 12.1 Å². The van der Waals surface area contributed by atoms with Crippen LogP contribution in [0.1, 0.15) is 61.9 Å². The number of alkyl halides is 3. The van der Waals surface area contributed by atoms with Crippen molar-refractivity contribution in [2.45, 2.75) is 62.7 Å². The van der Waals surface area contributed by atoms with Gasteiger partial charge in [-0.1, -0.05) is 43.8 Å². The van der Waals surface area contributed by atoms with Gasteiger partial charge in [0.2, 0.25) is 0 Å². The third-order valence-electron chi connectivity index (χ3n) is 6.62. The zero-order chi connectivity index (χ0) is 32.8. The van der Waals surface area contributed by atoms with Gasteiger partial charge in [-0.3, -0.25) is 14.7 Å². The summed E-state index contributed by atoms with van der Waals surface area (Å²) in [7, 11) is 0. The first-order chi connectivity index (χ1) is 21.3. The third-order valence-corrected chi connectivity index (χ3v) is 7.68. The molecule has 2 aromatic heterocycles. The topological polar surface area (TPSA) is 89.4 Å². The van der Waals surface area contributed by atoms with E-state index in [1.54, 1.807) is 63.2 Å². The first-order valence-electron chi connectivity index (χ1n) is 14.5. The highest BCUT2D eigenvalue weighted by Crippen LogP contribution is 2.34. The van der Waals surface area contributed by atoms with Gasteiger partial charge in [0.25, 0.3) is 5.91 Å². The number of nitrogens with zero attached hydrogens (tertiary/aromatic N) is 4. The fourth-order valence-electron chi connectivity index (χ4n) is 4.39. The molecule has 0 fully saturated rings. The Balaban J connectivity index is 1.65. The summed E-state index contributed by atoms with van der Waals surface area (Å²) in [6, 6.07) is 15.7. The van der Waals surface area contributed by atoms with Gasteiger partial charge in [0.15, 0.2) is 0 Å². The average Bonchev–Trinajstić information content (AvgIpc) is 3.35. The van der Waals surface area contributed by atoms with Crippen molar-refractivity contribution in [3.05, 3.63) is 83.3 Å². The van der Waals surface area contributed by atoms with Gasteiger partial charge in [-0.25, -0.2) is 4.79 Å². The highest BCUT2D eigenvalue weighted by atomic mass is 32.2. The molecule has 0 atom stereocenters. The normalized spacial score (nSPS) is 12.3. The van der Waals surface area contributed by atoms with Crippen molar-refractivity contribution < 1.29 is 27.5 Å². The molecule has 1 N–H and O–H groups in total. The van der Waals surface area contributed by atoms with Gasteiger partial charge >= 0.3 is 12.3 Å². The van der Waals surface area contributed by atoms with E-state index in [9.17, 15) is 22.8 Å². The second-order valence-electron chi connectivity index (χ2n) is 11.2. The molecule has 1 amide bonds. The number of rotatable bonds is 10. The van der Waals surface area contributed by atoms with Crippen molar-refractivity contribution in [1.29, 1.82) is 0 Å². The van der Waals surface area contributed by atoms with Crippen molar-refractivity contribution >= 4 is 46.8 Å². The van der Waals surface area contributed by atoms with E-state index < -0.39 is 30.3 Å². The van der Waals surface area contributed by atoms with Crippen molar-refractivity contribution in [1.82, 2.24) is 25.0 Å². The van der Waals surface area contributed by atoms with E-state index >= 15 is 0 Å². The SMILES string of the molecule is CCN(CC)Cc1ccc(/C=C/c2nn(C(=O)OC(C)(C)C)c3cc(Sc4ccccc4C(=O)NCC(F)(F)F)ccc23)nc1. The molecule has 0 bridgehead atoms. The lowest BCUT2D eigenvalue weighted by atomic mass is 10.2. The van der Waals surface area contributed by atoms with Crippen LogP contribution in [0, 0.1) is 0 Å². The standard InChI is InChI=1S/C33H36F3N5O3S/c1-6-40(7-2)20-22-12-13-23(37-19-22)14-17-27-25-16-15-24(18-28(25)41(39-27)31(43)44-32(3,4)5)45-29-11-9-8-10-26(29)30(42)38-21-33(34,35)36/h8-19H,6-7,20-21H2,1-5H3,(H,38,42)/b17-14+. The number of hydrogen-bond donors (Lipinski definition) is 1. The molecule has 238 valence electrons. The van der Waals surface area contributed by atoms with Crippen LogP contribution in [0.4, 0.5) is 18.0 Å². The summed E-state index contributed by atoms with van der Waals surface area (Å²) in [5.74, 6) is -0.836. The van der Waals surface area contributed by atoms with Crippen molar-refractivity contribution in [3.63, 3.8) is 0 Å².